The molecular weight excluding hydrogens is 249 g/mol. The second-order valence-electron chi connectivity index (χ2n) is 3.15. The summed E-state index contributed by atoms with van der Waals surface area (Å²) in [6, 6.07) is 0.509. The Morgan fingerprint density at radius 2 is 2.00 bits per heavy atom. The van der Waals surface area contributed by atoms with Gasteiger partial charge in [-0.05, 0) is 11.6 Å². The fraction of sp³-hybridized carbons (Fsp3) is 0.333. The lowest BCUT2D eigenvalue weighted by molar-refractivity contribution is -0.143. The van der Waals surface area contributed by atoms with Crippen LogP contribution in [0.2, 0.25) is 0 Å². The molecule has 0 aliphatic rings. The largest absolute Gasteiger partial charge is 0.481 e. The number of aromatic nitrogens is 1. The van der Waals surface area contributed by atoms with Crippen LogP contribution in [0.5, 0.6) is 0 Å². The van der Waals surface area contributed by atoms with Crippen molar-refractivity contribution in [2.24, 2.45) is 0 Å². The van der Waals surface area contributed by atoms with Gasteiger partial charge >= 0.3 is 12.1 Å². The molecule has 1 aromatic rings. The van der Waals surface area contributed by atoms with E-state index in [1.165, 1.54) is 0 Å². The van der Waals surface area contributed by atoms with Crippen LogP contribution in [0, 0.1) is 0 Å². The number of aliphatic carboxylic acids is 1. The minimum absolute atomic E-state index is 0.208. The van der Waals surface area contributed by atoms with Gasteiger partial charge in [0.2, 0.25) is 0 Å². The zero-order valence-corrected chi connectivity index (χ0v) is 8.13. The van der Waals surface area contributed by atoms with E-state index in [0.717, 1.165) is 0 Å². The third-order valence-electron chi connectivity index (χ3n) is 1.83. The molecule has 94 valence electrons. The first kappa shape index (κ1) is 13.3. The van der Waals surface area contributed by atoms with Gasteiger partial charge in [0.15, 0.2) is 5.69 Å². The van der Waals surface area contributed by atoms with E-state index < -0.39 is 36.2 Å². The Balaban J connectivity index is 3.22. The number of carbonyl (C=O) groups is 1. The standard InChI is InChI=1S/C9H6F5NO2/c10-8(11)5-1-4(2-6(16)17)3-15-7(5)9(12,13)14/h1,3,8H,2H2,(H,16,17). The maximum Gasteiger partial charge on any atom is 0.433 e. The summed E-state index contributed by atoms with van der Waals surface area (Å²) in [4.78, 5) is 13.2. The summed E-state index contributed by atoms with van der Waals surface area (Å²) in [6.45, 7) is 0. The summed E-state index contributed by atoms with van der Waals surface area (Å²) < 4.78 is 61.6. The molecule has 0 atom stereocenters. The Bertz CT molecular complexity index is 430. The van der Waals surface area contributed by atoms with Crippen molar-refractivity contribution in [1.82, 2.24) is 4.98 Å². The topological polar surface area (TPSA) is 50.2 Å². The molecule has 1 rings (SSSR count). The van der Waals surface area contributed by atoms with E-state index in [1.807, 2.05) is 0 Å². The third kappa shape index (κ3) is 3.36. The highest BCUT2D eigenvalue weighted by Crippen LogP contribution is 2.35. The van der Waals surface area contributed by atoms with Crippen molar-refractivity contribution in [1.29, 1.82) is 0 Å². The maximum atomic E-state index is 12.4. The predicted octanol–water partition coefficient (Wildman–Crippen LogP) is 2.67. The van der Waals surface area contributed by atoms with Crippen molar-refractivity contribution in [2.45, 2.75) is 19.0 Å². The van der Waals surface area contributed by atoms with Crippen LogP contribution < -0.4 is 0 Å². The lowest BCUT2D eigenvalue weighted by Crippen LogP contribution is -2.13. The molecule has 1 heterocycles. The third-order valence-corrected chi connectivity index (χ3v) is 1.83. The molecule has 0 fully saturated rings. The number of carboxylic acid groups (broad SMARTS) is 1. The molecule has 0 unspecified atom stereocenters. The SMILES string of the molecule is O=C(O)Cc1cnc(C(F)(F)F)c(C(F)F)c1. The number of carboxylic acids is 1. The van der Waals surface area contributed by atoms with Gasteiger partial charge in [-0.15, -0.1) is 0 Å². The normalized spacial score (nSPS) is 11.9. The van der Waals surface area contributed by atoms with Gasteiger partial charge in [-0.25, -0.2) is 8.78 Å². The predicted molar refractivity (Wildman–Crippen MR) is 45.5 cm³/mol. The second kappa shape index (κ2) is 4.64. The molecule has 0 amide bonds. The smallest absolute Gasteiger partial charge is 0.433 e. The Labute approximate surface area is 91.9 Å². The van der Waals surface area contributed by atoms with E-state index in [4.69, 9.17) is 5.11 Å². The first-order valence-corrected chi connectivity index (χ1v) is 4.27. The molecule has 1 N–H and O–H groups in total. The quantitative estimate of drug-likeness (QED) is 0.845. The fourth-order valence-electron chi connectivity index (χ4n) is 1.20. The number of hydrogen-bond acceptors (Lipinski definition) is 2. The van der Waals surface area contributed by atoms with Crippen LogP contribution in [0.1, 0.15) is 23.2 Å². The molecule has 0 aliphatic carbocycles. The van der Waals surface area contributed by atoms with Gasteiger partial charge in [0.1, 0.15) is 0 Å². The molecule has 1 aromatic heterocycles. The molecule has 3 nitrogen and oxygen atoms in total. The van der Waals surface area contributed by atoms with Crippen LogP contribution in [0.3, 0.4) is 0 Å². The highest BCUT2D eigenvalue weighted by Gasteiger charge is 2.37. The molecule has 8 heteroatoms. The van der Waals surface area contributed by atoms with Crippen LogP contribution in [0.4, 0.5) is 22.0 Å². The van der Waals surface area contributed by atoms with Gasteiger partial charge in [0, 0.05) is 11.8 Å². The second-order valence-corrected chi connectivity index (χ2v) is 3.15. The monoisotopic (exact) mass is 255 g/mol. The van der Waals surface area contributed by atoms with Crippen molar-refractivity contribution in [3.8, 4) is 0 Å². The minimum Gasteiger partial charge on any atom is -0.481 e. The summed E-state index contributed by atoms with van der Waals surface area (Å²) in [5.74, 6) is -1.34. The number of nitrogens with zero attached hydrogens (tertiary/aromatic N) is 1. The van der Waals surface area contributed by atoms with Crippen molar-refractivity contribution in [2.75, 3.05) is 0 Å². The highest BCUT2D eigenvalue weighted by molar-refractivity contribution is 5.70. The summed E-state index contributed by atoms with van der Waals surface area (Å²) in [5, 5.41) is 8.39. The van der Waals surface area contributed by atoms with E-state index in [-0.39, 0.29) is 5.56 Å². The van der Waals surface area contributed by atoms with E-state index in [2.05, 4.69) is 4.98 Å². The fourth-order valence-corrected chi connectivity index (χ4v) is 1.20. The molecule has 0 saturated heterocycles. The maximum absolute atomic E-state index is 12.4. The summed E-state index contributed by atoms with van der Waals surface area (Å²) in [5.41, 5.74) is -3.21. The average molecular weight is 255 g/mol. The van der Waals surface area contributed by atoms with Gasteiger partial charge in [0.05, 0.1) is 6.42 Å². The number of halogens is 5. The molecule has 17 heavy (non-hydrogen) atoms. The summed E-state index contributed by atoms with van der Waals surface area (Å²) >= 11 is 0. The van der Waals surface area contributed by atoms with Gasteiger partial charge in [-0.3, -0.25) is 9.78 Å². The van der Waals surface area contributed by atoms with E-state index in [0.29, 0.717) is 12.3 Å². The van der Waals surface area contributed by atoms with E-state index in [1.54, 1.807) is 0 Å². The number of alkyl halides is 5. The Kier molecular flexibility index (Phi) is 3.64. The molecule has 0 aromatic carbocycles. The van der Waals surface area contributed by atoms with Gasteiger partial charge in [0.25, 0.3) is 6.43 Å². The van der Waals surface area contributed by atoms with Crippen LogP contribution in [0.25, 0.3) is 0 Å². The van der Waals surface area contributed by atoms with Crippen molar-refractivity contribution < 1.29 is 31.9 Å². The van der Waals surface area contributed by atoms with Crippen LogP contribution in [-0.4, -0.2) is 16.1 Å². The molecule has 0 aliphatic heterocycles. The average Bonchev–Trinajstić information content (AvgIpc) is 2.14. The van der Waals surface area contributed by atoms with E-state index >= 15 is 0 Å². The number of hydrogen-bond donors (Lipinski definition) is 1. The first-order valence-electron chi connectivity index (χ1n) is 4.27. The molecule has 0 bridgehead atoms. The Morgan fingerprint density at radius 3 is 2.41 bits per heavy atom. The molecule has 0 saturated carbocycles. The molecule has 0 spiro atoms. The van der Waals surface area contributed by atoms with Crippen molar-refractivity contribution >= 4 is 5.97 Å². The Hall–Kier alpha value is -1.73. The highest BCUT2D eigenvalue weighted by atomic mass is 19.4. The number of pyridine rings is 1. The van der Waals surface area contributed by atoms with Gasteiger partial charge in [-0.1, -0.05) is 0 Å². The zero-order valence-electron chi connectivity index (χ0n) is 8.13. The van der Waals surface area contributed by atoms with Crippen molar-refractivity contribution in [3.63, 3.8) is 0 Å². The number of rotatable bonds is 3. The summed E-state index contributed by atoms with van der Waals surface area (Å²) in [6.07, 6.45) is -8.39. The lowest BCUT2D eigenvalue weighted by Gasteiger charge is -2.12. The van der Waals surface area contributed by atoms with Crippen molar-refractivity contribution in [3.05, 3.63) is 29.1 Å². The summed E-state index contributed by atoms with van der Waals surface area (Å²) in [7, 11) is 0. The minimum atomic E-state index is -4.99. The Morgan fingerprint density at radius 1 is 1.41 bits per heavy atom. The molecule has 0 radical (unpaired) electrons. The van der Waals surface area contributed by atoms with Gasteiger partial charge < -0.3 is 5.11 Å². The zero-order chi connectivity index (χ0) is 13.2. The van der Waals surface area contributed by atoms with E-state index in [9.17, 15) is 26.7 Å². The van der Waals surface area contributed by atoms with Crippen LogP contribution in [-0.2, 0) is 17.4 Å². The van der Waals surface area contributed by atoms with Crippen LogP contribution in [0.15, 0.2) is 12.3 Å². The van der Waals surface area contributed by atoms with Gasteiger partial charge in [-0.2, -0.15) is 13.2 Å². The lowest BCUT2D eigenvalue weighted by atomic mass is 10.1. The van der Waals surface area contributed by atoms with Crippen LogP contribution >= 0.6 is 0 Å². The molecular formula is C9H6F5NO2. The first-order chi connectivity index (χ1) is 7.71.